The Labute approximate surface area is 114 Å². The molecule has 4 heteroatoms. The van der Waals surface area contributed by atoms with Crippen molar-refractivity contribution in [1.82, 2.24) is 9.55 Å². The minimum Gasteiger partial charge on any atom is -0.296 e. The van der Waals surface area contributed by atoms with Crippen molar-refractivity contribution in [2.45, 2.75) is 26.8 Å². The van der Waals surface area contributed by atoms with Gasteiger partial charge in [-0.25, -0.2) is 4.98 Å². The summed E-state index contributed by atoms with van der Waals surface area (Å²) in [6.07, 6.45) is 0.912. The molecule has 0 N–H and O–H groups in total. The molecule has 0 spiro atoms. The van der Waals surface area contributed by atoms with E-state index in [1.54, 1.807) is 0 Å². The molecule has 0 saturated carbocycles. The van der Waals surface area contributed by atoms with Crippen LogP contribution >= 0.6 is 15.9 Å². The third-order valence-electron chi connectivity index (χ3n) is 3.80. The average Bonchev–Trinajstić information content (AvgIpc) is 2.73. The second kappa shape index (κ2) is 4.19. The average molecular weight is 307 g/mol. The molecule has 3 rings (SSSR count). The van der Waals surface area contributed by atoms with Crippen LogP contribution in [0, 0.1) is 11.8 Å². The molecule has 0 fully saturated rings. The highest BCUT2D eigenvalue weighted by Crippen LogP contribution is 2.25. The van der Waals surface area contributed by atoms with E-state index in [0.717, 1.165) is 28.8 Å². The first-order valence-electron chi connectivity index (χ1n) is 6.25. The van der Waals surface area contributed by atoms with Gasteiger partial charge < -0.3 is 0 Å². The number of hydrogen-bond donors (Lipinski definition) is 0. The molecule has 3 nitrogen and oxygen atoms in total. The van der Waals surface area contributed by atoms with Gasteiger partial charge in [0.2, 0.25) is 0 Å². The predicted molar refractivity (Wildman–Crippen MR) is 75.7 cm³/mol. The van der Waals surface area contributed by atoms with Gasteiger partial charge in [-0.15, -0.1) is 0 Å². The lowest BCUT2D eigenvalue weighted by Crippen LogP contribution is -2.22. The Hall–Kier alpha value is -1.16. The van der Waals surface area contributed by atoms with Crippen molar-refractivity contribution in [3.05, 3.63) is 38.9 Å². The first-order valence-corrected chi connectivity index (χ1v) is 7.04. The van der Waals surface area contributed by atoms with Crippen LogP contribution in [0.2, 0.25) is 0 Å². The van der Waals surface area contributed by atoms with Gasteiger partial charge in [-0.05, 0) is 30.0 Å². The number of halogens is 1. The standard InChI is InChI=1S/C14H15BrN2O/c1-8(2)9-5-13-16-12-6-10(15)3-4-11(12)14(18)17(13)7-9/h3-4,6,8-9H,5,7H2,1-2H3. The van der Waals surface area contributed by atoms with Gasteiger partial charge >= 0.3 is 0 Å². The highest BCUT2D eigenvalue weighted by molar-refractivity contribution is 9.10. The summed E-state index contributed by atoms with van der Waals surface area (Å²) < 4.78 is 2.81. The number of rotatable bonds is 1. The van der Waals surface area contributed by atoms with E-state index in [9.17, 15) is 4.79 Å². The lowest BCUT2D eigenvalue weighted by molar-refractivity contribution is 0.376. The molecule has 1 aliphatic rings. The minimum atomic E-state index is 0.102. The van der Waals surface area contributed by atoms with Crippen molar-refractivity contribution < 1.29 is 0 Å². The zero-order valence-electron chi connectivity index (χ0n) is 10.5. The molecule has 1 aromatic heterocycles. The molecule has 2 aromatic rings. The van der Waals surface area contributed by atoms with E-state index in [0.29, 0.717) is 17.2 Å². The zero-order chi connectivity index (χ0) is 12.9. The smallest absolute Gasteiger partial charge is 0.261 e. The number of hydrogen-bond acceptors (Lipinski definition) is 2. The lowest BCUT2D eigenvalue weighted by Gasteiger charge is -2.11. The van der Waals surface area contributed by atoms with Crippen molar-refractivity contribution in [3.8, 4) is 0 Å². The van der Waals surface area contributed by atoms with Crippen LogP contribution in [0.15, 0.2) is 27.5 Å². The molecule has 1 atom stereocenters. The predicted octanol–water partition coefficient (Wildman–Crippen LogP) is 2.99. The second-order valence-corrected chi connectivity index (χ2v) is 6.23. The quantitative estimate of drug-likeness (QED) is 0.812. The van der Waals surface area contributed by atoms with Gasteiger partial charge in [0, 0.05) is 17.4 Å². The summed E-state index contributed by atoms with van der Waals surface area (Å²) in [6, 6.07) is 5.66. The molecule has 0 aliphatic carbocycles. The van der Waals surface area contributed by atoms with E-state index in [2.05, 4.69) is 34.8 Å². The molecular formula is C14H15BrN2O. The van der Waals surface area contributed by atoms with E-state index < -0.39 is 0 Å². The molecule has 1 unspecified atom stereocenters. The fourth-order valence-corrected chi connectivity index (χ4v) is 2.91. The molecular weight excluding hydrogens is 292 g/mol. The highest BCUT2D eigenvalue weighted by atomic mass is 79.9. The summed E-state index contributed by atoms with van der Waals surface area (Å²) in [5, 5.41) is 0.714. The third-order valence-corrected chi connectivity index (χ3v) is 4.29. The van der Waals surface area contributed by atoms with Gasteiger partial charge in [0.1, 0.15) is 5.82 Å². The van der Waals surface area contributed by atoms with Gasteiger partial charge in [-0.1, -0.05) is 29.8 Å². The van der Waals surface area contributed by atoms with E-state index in [4.69, 9.17) is 0 Å². The lowest BCUT2D eigenvalue weighted by atomic mass is 9.95. The van der Waals surface area contributed by atoms with Crippen LogP contribution in [0.25, 0.3) is 10.9 Å². The van der Waals surface area contributed by atoms with E-state index in [1.165, 1.54) is 0 Å². The van der Waals surface area contributed by atoms with Crippen LogP contribution in [0.3, 0.4) is 0 Å². The minimum absolute atomic E-state index is 0.102. The molecule has 18 heavy (non-hydrogen) atoms. The van der Waals surface area contributed by atoms with Gasteiger partial charge in [0.15, 0.2) is 0 Å². The summed E-state index contributed by atoms with van der Waals surface area (Å²) in [5.41, 5.74) is 0.899. The van der Waals surface area contributed by atoms with Crippen molar-refractivity contribution >= 4 is 26.8 Å². The monoisotopic (exact) mass is 306 g/mol. The topological polar surface area (TPSA) is 34.9 Å². The van der Waals surface area contributed by atoms with E-state index in [1.807, 2.05) is 22.8 Å². The Kier molecular flexibility index (Phi) is 2.77. The molecule has 0 bridgehead atoms. The first-order chi connectivity index (χ1) is 8.56. The molecule has 2 heterocycles. The molecule has 0 amide bonds. The fraction of sp³-hybridized carbons (Fsp3) is 0.429. The van der Waals surface area contributed by atoms with Gasteiger partial charge in [-0.3, -0.25) is 9.36 Å². The molecule has 0 saturated heterocycles. The van der Waals surface area contributed by atoms with Crippen LogP contribution in [0.1, 0.15) is 19.7 Å². The third kappa shape index (κ3) is 1.79. The van der Waals surface area contributed by atoms with Crippen LogP contribution in [-0.4, -0.2) is 9.55 Å². The Morgan fingerprint density at radius 1 is 1.44 bits per heavy atom. The van der Waals surface area contributed by atoms with Gasteiger partial charge in [0.25, 0.3) is 5.56 Å². The summed E-state index contributed by atoms with van der Waals surface area (Å²) in [4.78, 5) is 17.1. The number of nitrogens with zero attached hydrogens (tertiary/aromatic N) is 2. The highest BCUT2D eigenvalue weighted by Gasteiger charge is 2.26. The maximum absolute atomic E-state index is 12.4. The SMILES string of the molecule is CC(C)C1Cc2nc3cc(Br)ccc3c(=O)n2C1. The maximum Gasteiger partial charge on any atom is 0.261 e. The number of benzene rings is 1. The van der Waals surface area contributed by atoms with Crippen molar-refractivity contribution in [3.63, 3.8) is 0 Å². The van der Waals surface area contributed by atoms with Crippen LogP contribution in [0.4, 0.5) is 0 Å². The van der Waals surface area contributed by atoms with Crippen LogP contribution < -0.4 is 5.56 Å². The van der Waals surface area contributed by atoms with Gasteiger partial charge in [0.05, 0.1) is 10.9 Å². The molecule has 1 aromatic carbocycles. The van der Waals surface area contributed by atoms with Crippen LogP contribution in [-0.2, 0) is 13.0 Å². The largest absolute Gasteiger partial charge is 0.296 e. The summed E-state index contributed by atoms with van der Waals surface area (Å²) in [6.45, 7) is 5.22. The molecule has 0 radical (unpaired) electrons. The van der Waals surface area contributed by atoms with Gasteiger partial charge in [-0.2, -0.15) is 0 Å². The maximum atomic E-state index is 12.4. The number of aromatic nitrogens is 2. The van der Waals surface area contributed by atoms with E-state index in [-0.39, 0.29) is 5.56 Å². The fourth-order valence-electron chi connectivity index (χ4n) is 2.56. The van der Waals surface area contributed by atoms with E-state index >= 15 is 0 Å². The Balaban J connectivity index is 2.21. The first kappa shape index (κ1) is 11.9. The van der Waals surface area contributed by atoms with Crippen molar-refractivity contribution in [1.29, 1.82) is 0 Å². The second-order valence-electron chi connectivity index (χ2n) is 5.31. The van der Waals surface area contributed by atoms with Crippen LogP contribution in [0.5, 0.6) is 0 Å². The number of fused-ring (bicyclic) bond motifs is 2. The Bertz CT molecular complexity index is 675. The summed E-state index contributed by atoms with van der Waals surface area (Å²) >= 11 is 3.42. The van der Waals surface area contributed by atoms with Crippen molar-refractivity contribution in [2.24, 2.45) is 11.8 Å². The Morgan fingerprint density at radius 3 is 2.94 bits per heavy atom. The Morgan fingerprint density at radius 2 is 2.22 bits per heavy atom. The molecule has 94 valence electrons. The summed E-state index contributed by atoms with van der Waals surface area (Å²) in [5.74, 6) is 2.05. The normalized spacial score (nSPS) is 18.6. The molecule has 1 aliphatic heterocycles. The zero-order valence-corrected chi connectivity index (χ0v) is 12.1. The summed E-state index contributed by atoms with van der Waals surface area (Å²) in [7, 11) is 0. The van der Waals surface area contributed by atoms with Crippen molar-refractivity contribution in [2.75, 3.05) is 0 Å².